The Kier molecular flexibility index (Phi) is 7.59. The number of hydrogen-bond acceptors (Lipinski definition) is 2. The van der Waals surface area contributed by atoms with E-state index in [9.17, 15) is 9.59 Å². The molecule has 0 radical (unpaired) electrons. The van der Waals surface area contributed by atoms with E-state index >= 15 is 0 Å². The molecule has 4 rings (SSSR count). The second-order valence-corrected chi connectivity index (χ2v) is 23.5. The summed E-state index contributed by atoms with van der Waals surface area (Å²) < 4.78 is 11.9. The van der Waals surface area contributed by atoms with Crippen LogP contribution in [0.4, 0.5) is 0 Å². The van der Waals surface area contributed by atoms with Crippen molar-refractivity contribution in [3.05, 3.63) is 59.4 Å². The second kappa shape index (κ2) is 10.1. The number of halogens is 1. The summed E-state index contributed by atoms with van der Waals surface area (Å²) in [5, 5.41) is 0. The average molecular weight is 609 g/mol. The minimum absolute atomic E-state index is 0.0129. The van der Waals surface area contributed by atoms with Crippen molar-refractivity contribution < 1.29 is 0 Å². The Morgan fingerprint density at radius 2 is 1.34 bits per heavy atom. The quantitative estimate of drug-likeness (QED) is 0.280. The first-order valence-electron chi connectivity index (χ1n) is 12.4. The fraction of sp³-hybridized carbons (Fsp3) is 0.600. The number of rotatable bonds is 11. The molecule has 0 unspecified atom stereocenters. The standard InChI is InChI=1S/C13H9BrN3O2.3C4H9.Sn/c14-10-6-9-7-11(10)17-13(19)15(12(18)16(9)17)8-4-2-1-3-5-8;3*1-3-4-2;/h1-5,9,11H,7H2;3*1,3-4H2,2H3;/t9-,11-;;;;/m1..../s1. The molecule has 2 aliphatic rings. The van der Waals surface area contributed by atoms with E-state index in [0.29, 0.717) is 5.69 Å². The first kappa shape index (κ1) is 24.1. The Morgan fingerprint density at radius 3 is 1.84 bits per heavy atom. The summed E-state index contributed by atoms with van der Waals surface area (Å²) in [5.74, 6) is 0. The zero-order valence-electron chi connectivity index (χ0n) is 19.6. The average Bonchev–Trinajstić information content (AvgIpc) is 3.43. The Morgan fingerprint density at radius 1 is 0.844 bits per heavy atom. The van der Waals surface area contributed by atoms with Crippen molar-refractivity contribution in [1.82, 2.24) is 13.9 Å². The predicted octanol–water partition coefficient (Wildman–Crippen LogP) is 6.34. The van der Waals surface area contributed by atoms with Crippen LogP contribution >= 0.6 is 15.9 Å². The topological polar surface area (TPSA) is 48.9 Å². The van der Waals surface area contributed by atoms with Crippen LogP contribution in [0.3, 0.4) is 0 Å². The molecule has 1 aliphatic heterocycles. The SMILES string of the molecule is CCC[CH2][Sn]([CH2]CCC)([CH2]CCC)[C]1=C(Br)[C@H]2C[C@@H]1n1c(=O)n(-c3ccccc3)c(=O)n12. The molecule has 0 N–H and O–H groups in total. The Balaban J connectivity index is 1.83. The first-order chi connectivity index (χ1) is 15.5. The van der Waals surface area contributed by atoms with Crippen LogP contribution in [0.15, 0.2) is 48.0 Å². The fourth-order valence-electron chi connectivity index (χ4n) is 5.97. The molecule has 0 saturated carbocycles. The van der Waals surface area contributed by atoms with Crippen molar-refractivity contribution in [2.45, 2.75) is 91.1 Å². The van der Waals surface area contributed by atoms with Gasteiger partial charge in [0.15, 0.2) is 0 Å². The molecular weight excluding hydrogens is 573 g/mol. The zero-order chi connectivity index (χ0) is 22.9. The molecule has 32 heavy (non-hydrogen) atoms. The summed E-state index contributed by atoms with van der Waals surface area (Å²) in [4.78, 5) is 27.0. The third-order valence-electron chi connectivity index (χ3n) is 7.54. The predicted molar refractivity (Wildman–Crippen MR) is 138 cm³/mol. The van der Waals surface area contributed by atoms with E-state index in [1.165, 1.54) is 60.9 Å². The van der Waals surface area contributed by atoms with E-state index in [1.54, 1.807) is 8.27 Å². The van der Waals surface area contributed by atoms with Gasteiger partial charge < -0.3 is 0 Å². The van der Waals surface area contributed by atoms with Gasteiger partial charge in [-0.3, -0.25) is 0 Å². The first-order valence-corrected chi connectivity index (χ1v) is 20.7. The number of hydrogen-bond donors (Lipinski definition) is 0. The monoisotopic (exact) mass is 609 g/mol. The van der Waals surface area contributed by atoms with Crippen LogP contribution in [0.2, 0.25) is 13.3 Å². The van der Waals surface area contributed by atoms with E-state index in [-0.39, 0.29) is 23.5 Å². The maximum atomic E-state index is 13.6. The van der Waals surface area contributed by atoms with E-state index in [0.717, 1.165) is 6.42 Å². The molecule has 7 heteroatoms. The summed E-state index contributed by atoms with van der Waals surface area (Å²) in [5.41, 5.74) is 0.278. The van der Waals surface area contributed by atoms with Gasteiger partial charge in [0.2, 0.25) is 0 Å². The van der Waals surface area contributed by atoms with Crippen molar-refractivity contribution in [3.63, 3.8) is 0 Å². The van der Waals surface area contributed by atoms with Gasteiger partial charge >= 0.3 is 204 Å². The van der Waals surface area contributed by atoms with Crippen LogP contribution in [0, 0.1) is 0 Å². The summed E-state index contributed by atoms with van der Waals surface area (Å²) >= 11 is 1.28. The Labute approximate surface area is 203 Å². The van der Waals surface area contributed by atoms with E-state index in [2.05, 4.69) is 36.7 Å². The van der Waals surface area contributed by atoms with Gasteiger partial charge in [0.25, 0.3) is 0 Å². The van der Waals surface area contributed by atoms with Gasteiger partial charge in [-0.25, -0.2) is 0 Å². The molecule has 2 heterocycles. The van der Waals surface area contributed by atoms with Crippen molar-refractivity contribution in [3.8, 4) is 5.69 Å². The molecule has 0 amide bonds. The molecule has 174 valence electrons. The number of nitrogens with zero attached hydrogens (tertiary/aromatic N) is 3. The van der Waals surface area contributed by atoms with Gasteiger partial charge in [0, 0.05) is 0 Å². The fourth-order valence-corrected chi connectivity index (χ4v) is 27.3. The van der Waals surface area contributed by atoms with Crippen LogP contribution in [0.5, 0.6) is 0 Å². The van der Waals surface area contributed by atoms with Crippen LogP contribution in [-0.2, 0) is 0 Å². The third kappa shape index (κ3) is 3.93. The second-order valence-electron chi connectivity index (χ2n) is 9.55. The molecule has 1 aromatic carbocycles. The molecule has 0 saturated heterocycles. The van der Waals surface area contributed by atoms with Crippen molar-refractivity contribution in [2.75, 3.05) is 0 Å². The number of unbranched alkanes of at least 4 members (excludes halogenated alkanes) is 3. The van der Waals surface area contributed by atoms with E-state index < -0.39 is 18.4 Å². The number of para-hydroxylation sites is 1. The van der Waals surface area contributed by atoms with Gasteiger partial charge in [-0.2, -0.15) is 0 Å². The van der Waals surface area contributed by atoms with Crippen LogP contribution in [-0.4, -0.2) is 32.3 Å². The molecule has 1 aliphatic carbocycles. The van der Waals surface area contributed by atoms with Gasteiger partial charge in [0.1, 0.15) is 0 Å². The molecule has 0 spiro atoms. The summed E-state index contributed by atoms with van der Waals surface area (Å²) in [6.07, 6.45) is 8.42. The number of allylic oxidation sites excluding steroid dienone is 2. The number of aromatic nitrogens is 3. The Hall–Kier alpha value is -1.02. The summed E-state index contributed by atoms with van der Waals surface area (Å²) in [6.45, 7) is 6.88. The summed E-state index contributed by atoms with van der Waals surface area (Å²) in [7, 11) is 0. The van der Waals surface area contributed by atoms with E-state index in [1.807, 2.05) is 35.0 Å². The van der Waals surface area contributed by atoms with Gasteiger partial charge in [-0.15, -0.1) is 0 Å². The van der Waals surface area contributed by atoms with Gasteiger partial charge in [0.05, 0.1) is 0 Å². The molecule has 2 bridgehead atoms. The van der Waals surface area contributed by atoms with Crippen molar-refractivity contribution >= 4 is 34.3 Å². The number of benzene rings is 1. The molecule has 2 atom stereocenters. The van der Waals surface area contributed by atoms with Crippen LogP contribution in [0.1, 0.15) is 77.8 Å². The van der Waals surface area contributed by atoms with Crippen molar-refractivity contribution in [2.24, 2.45) is 0 Å². The minimum atomic E-state index is -2.73. The molecule has 2 aromatic rings. The Bertz CT molecular complexity index is 1080. The molecule has 1 aromatic heterocycles. The molecular formula is C25H36BrN3O2Sn. The molecule has 0 fully saturated rings. The van der Waals surface area contributed by atoms with Crippen LogP contribution in [0.25, 0.3) is 5.69 Å². The normalized spacial score (nSPS) is 19.8. The third-order valence-corrected chi connectivity index (χ3v) is 25.7. The van der Waals surface area contributed by atoms with Gasteiger partial charge in [-0.05, 0) is 0 Å². The number of fused-ring (bicyclic) bond motifs is 5. The maximum absolute atomic E-state index is 13.6. The van der Waals surface area contributed by atoms with E-state index in [4.69, 9.17) is 0 Å². The van der Waals surface area contributed by atoms with Crippen molar-refractivity contribution in [1.29, 1.82) is 0 Å². The van der Waals surface area contributed by atoms with Gasteiger partial charge in [-0.1, -0.05) is 0 Å². The zero-order valence-corrected chi connectivity index (χ0v) is 24.1. The molecule has 5 nitrogen and oxygen atoms in total. The summed E-state index contributed by atoms with van der Waals surface area (Å²) in [6, 6.07) is 9.42. The van der Waals surface area contributed by atoms with Crippen LogP contribution < -0.4 is 11.4 Å².